The number of rotatable bonds is 7. The van der Waals surface area contributed by atoms with E-state index in [0.29, 0.717) is 36.5 Å². The summed E-state index contributed by atoms with van der Waals surface area (Å²) in [5.74, 6) is -0.489. The van der Waals surface area contributed by atoms with E-state index in [1.54, 1.807) is 30.0 Å². The van der Waals surface area contributed by atoms with Crippen LogP contribution in [0.5, 0.6) is 0 Å². The van der Waals surface area contributed by atoms with Crippen molar-refractivity contribution >= 4 is 41.0 Å². The van der Waals surface area contributed by atoms with Gasteiger partial charge in [0.1, 0.15) is 12.2 Å². The van der Waals surface area contributed by atoms with Gasteiger partial charge < -0.3 is 20.3 Å². The molecule has 10 nitrogen and oxygen atoms in total. The lowest BCUT2D eigenvalue weighted by molar-refractivity contribution is -0.118. The SMILES string of the molecule is CC(C(=O)Nc1cc([C@H]2CC[C@H](OC(=O)NC3(C)CC3)C2)[nH]n1)c1ccc(N2CCCC2=O)c(C#N)c1Cl. The molecule has 0 spiro atoms. The monoisotopic (exact) mass is 538 g/mol. The van der Waals surface area contributed by atoms with Gasteiger partial charge in [0.25, 0.3) is 0 Å². The zero-order valence-corrected chi connectivity index (χ0v) is 22.2. The number of carbonyl (C=O) groups is 3. The van der Waals surface area contributed by atoms with E-state index in [1.165, 1.54) is 0 Å². The maximum Gasteiger partial charge on any atom is 0.407 e. The number of halogens is 1. The van der Waals surface area contributed by atoms with Crippen molar-refractivity contribution in [2.45, 2.75) is 82.3 Å². The molecule has 2 aliphatic carbocycles. The number of H-pyrrole nitrogens is 1. The molecule has 0 bridgehead atoms. The smallest absolute Gasteiger partial charge is 0.407 e. The fourth-order valence-corrected chi connectivity index (χ4v) is 5.57. The van der Waals surface area contributed by atoms with Crippen LogP contribution in [0.25, 0.3) is 0 Å². The zero-order valence-electron chi connectivity index (χ0n) is 21.5. The molecule has 1 aliphatic heterocycles. The summed E-state index contributed by atoms with van der Waals surface area (Å²) >= 11 is 6.56. The number of nitriles is 1. The Bertz CT molecular complexity index is 1310. The number of aromatic amines is 1. The van der Waals surface area contributed by atoms with Gasteiger partial charge >= 0.3 is 6.09 Å². The molecule has 11 heteroatoms. The number of alkyl carbamates (subject to hydrolysis) is 1. The number of nitrogens with one attached hydrogen (secondary N) is 3. The molecule has 3 fully saturated rings. The van der Waals surface area contributed by atoms with E-state index < -0.39 is 5.92 Å². The third-order valence-corrected chi connectivity index (χ3v) is 8.24. The minimum Gasteiger partial charge on any atom is -0.446 e. The molecular formula is C27H31ClN6O4. The van der Waals surface area contributed by atoms with Crippen LogP contribution < -0.4 is 15.5 Å². The third-order valence-electron chi connectivity index (χ3n) is 7.84. The summed E-state index contributed by atoms with van der Waals surface area (Å²) in [6, 6.07) is 7.28. The van der Waals surface area contributed by atoms with E-state index in [-0.39, 0.29) is 46.1 Å². The second kappa shape index (κ2) is 10.3. The van der Waals surface area contributed by atoms with E-state index in [4.69, 9.17) is 16.3 Å². The molecule has 1 aromatic heterocycles. The third kappa shape index (κ3) is 5.34. The number of amides is 3. The van der Waals surface area contributed by atoms with E-state index in [2.05, 4.69) is 26.9 Å². The van der Waals surface area contributed by atoms with Crippen LogP contribution in [0.15, 0.2) is 18.2 Å². The van der Waals surface area contributed by atoms with E-state index in [1.807, 2.05) is 6.92 Å². The fourth-order valence-electron chi connectivity index (χ4n) is 5.21. The molecule has 0 radical (unpaired) electrons. The quantitative estimate of drug-likeness (QED) is 0.466. The van der Waals surface area contributed by atoms with Crippen molar-refractivity contribution in [3.63, 3.8) is 0 Å². The first-order chi connectivity index (χ1) is 18.2. The molecule has 3 atom stereocenters. The molecule has 1 aromatic carbocycles. The molecule has 3 N–H and O–H groups in total. The summed E-state index contributed by atoms with van der Waals surface area (Å²) in [4.78, 5) is 38.9. The first-order valence-corrected chi connectivity index (χ1v) is 13.4. The highest BCUT2D eigenvalue weighted by atomic mass is 35.5. The predicted molar refractivity (Wildman–Crippen MR) is 141 cm³/mol. The van der Waals surface area contributed by atoms with Crippen LogP contribution in [0.3, 0.4) is 0 Å². The van der Waals surface area contributed by atoms with Crippen LogP contribution in [-0.2, 0) is 14.3 Å². The van der Waals surface area contributed by atoms with Gasteiger partial charge in [0, 0.05) is 36.2 Å². The molecule has 2 heterocycles. The van der Waals surface area contributed by atoms with Crippen molar-refractivity contribution in [1.29, 1.82) is 5.26 Å². The number of ether oxygens (including phenoxy) is 1. The minimum atomic E-state index is -0.658. The van der Waals surface area contributed by atoms with E-state index >= 15 is 0 Å². The molecule has 5 rings (SSSR count). The van der Waals surface area contributed by atoms with Crippen molar-refractivity contribution < 1.29 is 19.1 Å². The molecule has 3 amide bonds. The lowest BCUT2D eigenvalue weighted by Crippen LogP contribution is -2.36. The molecule has 1 unspecified atom stereocenters. The average molecular weight is 539 g/mol. The number of nitrogens with zero attached hydrogens (tertiary/aromatic N) is 3. The number of aromatic nitrogens is 2. The molecule has 1 saturated heterocycles. The highest BCUT2D eigenvalue weighted by Gasteiger charge is 2.40. The first kappa shape index (κ1) is 26.0. The highest BCUT2D eigenvalue weighted by Crippen LogP contribution is 2.38. The Balaban J connectivity index is 1.20. The van der Waals surface area contributed by atoms with E-state index in [9.17, 15) is 19.6 Å². The number of carbonyl (C=O) groups excluding carboxylic acids is 3. The van der Waals surface area contributed by atoms with Crippen LogP contribution in [0, 0.1) is 11.3 Å². The summed E-state index contributed by atoms with van der Waals surface area (Å²) in [6.45, 7) is 4.26. The number of anilines is 2. The zero-order chi connectivity index (χ0) is 27.0. The lowest BCUT2D eigenvalue weighted by atomic mass is 9.97. The van der Waals surface area contributed by atoms with Crippen molar-refractivity contribution in [3.8, 4) is 6.07 Å². The Morgan fingerprint density at radius 1 is 1.34 bits per heavy atom. The molecule has 2 saturated carbocycles. The fraction of sp³-hybridized carbons (Fsp3) is 0.519. The normalized spacial score (nSPS) is 22.6. The van der Waals surface area contributed by atoms with Gasteiger partial charge in [0.2, 0.25) is 11.8 Å². The first-order valence-electron chi connectivity index (χ1n) is 13.1. The Kier molecular flexibility index (Phi) is 7.05. The van der Waals surface area contributed by atoms with Gasteiger partial charge in [-0.25, -0.2) is 4.79 Å². The predicted octanol–water partition coefficient (Wildman–Crippen LogP) is 4.72. The topological polar surface area (TPSA) is 140 Å². The standard InChI is InChI=1S/C27H31ClN6O4/c1-15(18-7-8-21(19(14-29)24(18)28)34-11-3-4-23(34)35)25(36)30-22-13-20(32-33-22)16-5-6-17(12-16)38-26(37)31-27(2)9-10-27/h7-8,13,15-17H,3-6,9-12H2,1-2H3,(H,31,37)(H2,30,32,33,36)/t15?,16-,17-/m0/s1. The van der Waals surface area contributed by atoms with Gasteiger partial charge in [-0.05, 0) is 64.0 Å². The van der Waals surface area contributed by atoms with Crippen LogP contribution in [-0.4, -0.2) is 46.3 Å². The van der Waals surface area contributed by atoms with Crippen molar-refractivity contribution in [1.82, 2.24) is 15.5 Å². The van der Waals surface area contributed by atoms with Crippen molar-refractivity contribution in [2.75, 3.05) is 16.8 Å². The second-order valence-electron chi connectivity index (χ2n) is 10.8. The second-order valence-corrected chi connectivity index (χ2v) is 11.1. The van der Waals surface area contributed by atoms with Crippen LogP contribution >= 0.6 is 11.6 Å². The van der Waals surface area contributed by atoms with Gasteiger partial charge in [-0.15, -0.1) is 0 Å². The summed E-state index contributed by atoms with van der Waals surface area (Å²) in [6.07, 6.45) is 4.93. The van der Waals surface area contributed by atoms with Crippen LogP contribution in [0.2, 0.25) is 5.02 Å². The maximum atomic E-state index is 13.0. The Morgan fingerprint density at radius 3 is 2.82 bits per heavy atom. The summed E-state index contributed by atoms with van der Waals surface area (Å²) in [7, 11) is 0. The molecule has 38 heavy (non-hydrogen) atoms. The summed E-state index contributed by atoms with van der Waals surface area (Å²) in [5, 5.41) is 22.9. The van der Waals surface area contributed by atoms with Crippen molar-refractivity contribution in [3.05, 3.63) is 40.0 Å². The summed E-state index contributed by atoms with van der Waals surface area (Å²) in [5.41, 5.74) is 1.93. The lowest BCUT2D eigenvalue weighted by Gasteiger charge is -2.20. The van der Waals surface area contributed by atoms with Gasteiger partial charge in [-0.3, -0.25) is 14.7 Å². The van der Waals surface area contributed by atoms with E-state index in [0.717, 1.165) is 37.8 Å². The van der Waals surface area contributed by atoms with Crippen LogP contribution in [0.4, 0.5) is 16.3 Å². The molecule has 200 valence electrons. The largest absolute Gasteiger partial charge is 0.446 e. The Hall–Kier alpha value is -3.58. The van der Waals surface area contributed by atoms with Gasteiger partial charge in [0.05, 0.1) is 22.2 Å². The number of benzene rings is 1. The Labute approximate surface area is 226 Å². The summed E-state index contributed by atoms with van der Waals surface area (Å²) < 4.78 is 5.60. The maximum absolute atomic E-state index is 13.0. The number of hydrogen-bond donors (Lipinski definition) is 3. The minimum absolute atomic E-state index is 0.0403. The Morgan fingerprint density at radius 2 is 2.13 bits per heavy atom. The number of hydrogen-bond acceptors (Lipinski definition) is 6. The molecule has 2 aromatic rings. The van der Waals surface area contributed by atoms with Gasteiger partial charge in [-0.2, -0.15) is 10.4 Å². The van der Waals surface area contributed by atoms with Gasteiger partial charge in [0.15, 0.2) is 5.82 Å². The average Bonchev–Trinajstić information content (AvgIpc) is 3.28. The molecule has 3 aliphatic rings. The molecular weight excluding hydrogens is 508 g/mol. The van der Waals surface area contributed by atoms with Crippen molar-refractivity contribution in [2.24, 2.45) is 0 Å². The van der Waals surface area contributed by atoms with Crippen LogP contribution in [0.1, 0.15) is 87.4 Å². The highest BCUT2D eigenvalue weighted by molar-refractivity contribution is 6.33. The van der Waals surface area contributed by atoms with Gasteiger partial charge in [-0.1, -0.05) is 17.7 Å².